The van der Waals surface area contributed by atoms with Crippen LogP contribution in [0.2, 0.25) is 10.0 Å². The topological polar surface area (TPSA) is 43.6 Å². The van der Waals surface area contributed by atoms with Crippen LogP contribution in [0.25, 0.3) is 17.1 Å². The van der Waals surface area contributed by atoms with Crippen LogP contribution in [0.3, 0.4) is 0 Å². The van der Waals surface area contributed by atoms with Gasteiger partial charge in [0, 0.05) is 29.4 Å². The second-order valence-electron chi connectivity index (χ2n) is 6.26. The standard InChI is InChI=1S/C21H16Cl2N4S/c1-14-4-7-17(8-5-14)27-20(16-3-2-10-24-12-16)25-26-21(27)28-13-15-6-9-18(22)19(23)11-15/h2-12H,13H2,1H3. The lowest BCUT2D eigenvalue weighted by Crippen LogP contribution is -2.00. The van der Waals surface area contributed by atoms with E-state index in [1.165, 1.54) is 5.56 Å². The molecule has 0 unspecified atom stereocenters. The van der Waals surface area contributed by atoms with E-state index in [0.29, 0.717) is 15.8 Å². The first-order valence-corrected chi connectivity index (χ1v) is 10.4. The zero-order valence-corrected chi connectivity index (χ0v) is 17.3. The molecule has 0 saturated carbocycles. The van der Waals surface area contributed by atoms with Gasteiger partial charge in [-0.2, -0.15) is 0 Å². The van der Waals surface area contributed by atoms with Gasteiger partial charge < -0.3 is 0 Å². The Morgan fingerprint density at radius 3 is 2.50 bits per heavy atom. The Balaban J connectivity index is 1.71. The summed E-state index contributed by atoms with van der Waals surface area (Å²) in [7, 11) is 0. The zero-order chi connectivity index (χ0) is 19.5. The number of halogens is 2. The molecule has 0 bridgehead atoms. The number of aryl methyl sites for hydroxylation is 1. The summed E-state index contributed by atoms with van der Waals surface area (Å²) in [6.45, 7) is 2.07. The summed E-state index contributed by atoms with van der Waals surface area (Å²) in [5.74, 6) is 1.46. The van der Waals surface area contributed by atoms with E-state index in [1.54, 1.807) is 24.2 Å². The fourth-order valence-corrected chi connectivity index (χ4v) is 3.96. The molecule has 2 heterocycles. The molecule has 0 aliphatic rings. The molecule has 0 N–H and O–H groups in total. The lowest BCUT2D eigenvalue weighted by atomic mass is 10.2. The number of benzene rings is 2. The molecule has 4 aromatic rings. The van der Waals surface area contributed by atoms with E-state index in [-0.39, 0.29) is 0 Å². The summed E-state index contributed by atoms with van der Waals surface area (Å²) in [4.78, 5) is 4.22. The van der Waals surface area contributed by atoms with Crippen LogP contribution in [0.5, 0.6) is 0 Å². The van der Waals surface area contributed by atoms with Gasteiger partial charge in [-0.05, 0) is 48.9 Å². The van der Waals surface area contributed by atoms with Crippen molar-refractivity contribution in [2.75, 3.05) is 0 Å². The van der Waals surface area contributed by atoms with Crippen LogP contribution in [0.15, 0.2) is 72.1 Å². The van der Waals surface area contributed by atoms with Crippen molar-refractivity contribution in [1.82, 2.24) is 19.7 Å². The molecule has 0 radical (unpaired) electrons. The molecule has 28 heavy (non-hydrogen) atoms. The normalized spacial score (nSPS) is 11.0. The Hall–Kier alpha value is -2.34. The SMILES string of the molecule is Cc1ccc(-n2c(SCc3ccc(Cl)c(Cl)c3)nnc2-c2cccnc2)cc1. The average molecular weight is 427 g/mol. The fourth-order valence-electron chi connectivity index (χ4n) is 2.75. The van der Waals surface area contributed by atoms with E-state index < -0.39 is 0 Å². The Labute approximate surface area is 177 Å². The number of rotatable bonds is 5. The van der Waals surface area contributed by atoms with Crippen molar-refractivity contribution in [1.29, 1.82) is 0 Å². The molecule has 4 nitrogen and oxygen atoms in total. The van der Waals surface area contributed by atoms with Gasteiger partial charge in [0.1, 0.15) is 0 Å². The smallest absolute Gasteiger partial charge is 0.196 e. The molecular formula is C21H16Cl2N4S. The zero-order valence-electron chi connectivity index (χ0n) is 15.0. The van der Waals surface area contributed by atoms with Crippen LogP contribution in [0.1, 0.15) is 11.1 Å². The van der Waals surface area contributed by atoms with E-state index >= 15 is 0 Å². The molecule has 140 valence electrons. The van der Waals surface area contributed by atoms with Crippen molar-refractivity contribution in [3.8, 4) is 17.1 Å². The van der Waals surface area contributed by atoms with Gasteiger partial charge in [0.05, 0.1) is 10.0 Å². The number of aromatic nitrogens is 4. The van der Waals surface area contributed by atoms with Crippen molar-refractivity contribution in [3.05, 3.63) is 88.2 Å². The summed E-state index contributed by atoms with van der Waals surface area (Å²) in [6.07, 6.45) is 3.54. The minimum Gasteiger partial charge on any atom is -0.270 e. The lowest BCUT2D eigenvalue weighted by molar-refractivity contribution is 0.885. The van der Waals surface area contributed by atoms with Crippen LogP contribution in [-0.4, -0.2) is 19.7 Å². The van der Waals surface area contributed by atoms with Crippen molar-refractivity contribution < 1.29 is 0 Å². The summed E-state index contributed by atoms with van der Waals surface area (Å²) in [6, 6.07) is 17.8. The monoisotopic (exact) mass is 426 g/mol. The van der Waals surface area contributed by atoms with Crippen LogP contribution in [0.4, 0.5) is 0 Å². The van der Waals surface area contributed by atoms with E-state index in [1.807, 2.05) is 30.3 Å². The molecular weight excluding hydrogens is 411 g/mol. The van der Waals surface area contributed by atoms with E-state index in [0.717, 1.165) is 27.8 Å². The van der Waals surface area contributed by atoms with Crippen LogP contribution >= 0.6 is 35.0 Å². The van der Waals surface area contributed by atoms with E-state index in [2.05, 4.69) is 50.9 Å². The minimum atomic E-state index is 0.552. The quantitative estimate of drug-likeness (QED) is 0.354. The Kier molecular flexibility index (Phi) is 5.67. The second kappa shape index (κ2) is 8.35. The number of hydrogen-bond acceptors (Lipinski definition) is 4. The average Bonchev–Trinajstić information content (AvgIpc) is 3.14. The highest BCUT2D eigenvalue weighted by Gasteiger charge is 2.16. The van der Waals surface area contributed by atoms with Gasteiger partial charge in [-0.25, -0.2) is 0 Å². The van der Waals surface area contributed by atoms with Gasteiger partial charge in [-0.15, -0.1) is 10.2 Å². The van der Waals surface area contributed by atoms with Gasteiger partial charge in [-0.1, -0.05) is 58.7 Å². The van der Waals surface area contributed by atoms with Crippen LogP contribution in [-0.2, 0) is 5.75 Å². The van der Waals surface area contributed by atoms with Crippen molar-refractivity contribution >= 4 is 35.0 Å². The molecule has 0 atom stereocenters. The van der Waals surface area contributed by atoms with Crippen LogP contribution < -0.4 is 0 Å². The lowest BCUT2D eigenvalue weighted by Gasteiger charge is -2.11. The highest BCUT2D eigenvalue weighted by atomic mass is 35.5. The van der Waals surface area contributed by atoms with Gasteiger partial charge in [0.15, 0.2) is 11.0 Å². The summed E-state index contributed by atoms with van der Waals surface area (Å²) < 4.78 is 2.05. The van der Waals surface area contributed by atoms with Crippen molar-refractivity contribution in [2.24, 2.45) is 0 Å². The third-order valence-corrected chi connectivity index (χ3v) is 5.94. The maximum atomic E-state index is 6.14. The number of nitrogens with zero attached hydrogens (tertiary/aromatic N) is 4. The molecule has 2 aromatic heterocycles. The molecule has 2 aromatic carbocycles. The molecule has 4 rings (SSSR count). The first kappa shape index (κ1) is 19.0. The van der Waals surface area contributed by atoms with Gasteiger partial charge in [0.2, 0.25) is 0 Å². The van der Waals surface area contributed by atoms with Crippen molar-refractivity contribution in [2.45, 2.75) is 17.8 Å². The second-order valence-corrected chi connectivity index (χ2v) is 8.01. The largest absolute Gasteiger partial charge is 0.270 e. The van der Waals surface area contributed by atoms with Crippen LogP contribution in [0, 0.1) is 6.92 Å². The molecule has 0 fully saturated rings. The van der Waals surface area contributed by atoms with E-state index in [9.17, 15) is 0 Å². The molecule has 7 heteroatoms. The minimum absolute atomic E-state index is 0.552. The maximum Gasteiger partial charge on any atom is 0.196 e. The molecule has 0 amide bonds. The Morgan fingerprint density at radius 2 is 1.79 bits per heavy atom. The van der Waals surface area contributed by atoms with Gasteiger partial charge >= 0.3 is 0 Å². The molecule has 0 aliphatic carbocycles. The summed E-state index contributed by atoms with van der Waals surface area (Å²) in [5.41, 5.74) is 4.19. The van der Waals surface area contributed by atoms with E-state index in [4.69, 9.17) is 23.2 Å². The number of thioether (sulfide) groups is 1. The highest BCUT2D eigenvalue weighted by Crippen LogP contribution is 2.31. The predicted molar refractivity (Wildman–Crippen MR) is 115 cm³/mol. The first-order valence-electron chi connectivity index (χ1n) is 8.61. The summed E-state index contributed by atoms with van der Waals surface area (Å²) in [5, 5.41) is 10.8. The molecule has 0 saturated heterocycles. The summed E-state index contributed by atoms with van der Waals surface area (Å²) >= 11 is 13.8. The highest BCUT2D eigenvalue weighted by molar-refractivity contribution is 7.98. The number of pyridine rings is 1. The van der Waals surface area contributed by atoms with Gasteiger partial charge in [-0.3, -0.25) is 9.55 Å². The number of hydrogen-bond donors (Lipinski definition) is 0. The van der Waals surface area contributed by atoms with Crippen molar-refractivity contribution in [3.63, 3.8) is 0 Å². The Bertz CT molecular complexity index is 1100. The third-order valence-electron chi connectivity index (χ3n) is 4.20. The first-order chi connectivity index (χ1) is 13.6. The third kappa shape index (κ3) is 4.07. The molecule has 0 spiro atoms. The maximum absolute atomic E-state index is 6.14. The van der Waals surface area contributed by atoms with Gasteiger partial charge in [0.25, 0.3) is 0 Å². The fraction of sp³-hybridized carbons (Fsp3) is 0.0952. The predicted octanol–water partition coefficient (Wildman–Crippen LogP) is 6.24. The Morgan fingerprint density at radius 1 is 0.964 bits per heavy atom. The molecule has 0 aliphatic heterocycles.